The highest BCUT2D eigenvalue weighted by Crippen LogP contribution is 2.17. The lowest BCUT2D eigenvalue weighted by Crippen LogP contribution is -2.43. The van der Waals surface area contributed by atoms with E-state index in [0.29, 0.717) is 59.5 Å². The van der Waals surface area contributed by atoms with Crippen LogP contribution in [0.4, 0.5) is 0 Å². The molecule has 0 aliphatic carbocycles. The van der Waals surface area contributed by atoms with Gasteiger partial charge < -0.3 is 34.2 Å². The van der Waals surface area contributed by atoms with Crippen molar-refractivity contribution in [2.45, 2.75) is 24.8 Å². The number of ether oxygens (including phenoxy) is 6. The zero-order chi connectivity index (χ0) is 17.2. The number of hydrogen-bond acceptors (Lipinski definition) is 7. The molecule has 0 heterocycles. The molecule has 0 radical (unpaired) electrons. The lowest BCUT2D eigenvalue weighted by atomic mass is 9.89. The van der Waals surface area contributed by atoms with Gasteiger partial charge in [0.25, 0.3) is 0 Å². The average Bonchev–Trinajstić information content (AvgIpc) is 2.54. The molecule has 2 N–H and O–H groups in total. The maximum atomic E-state index is 6.51. The Balaban J connectivity index is 0. The van der Waals surface area contributed by atoms with Crippen molar-refractivity contribution >= 4 is 24.0 Å². The van der Waals surface area contributed by atoms with E-state index >= 15 is 0 Å². The van der Waals surface area contributed by atoms with E-state index in [1.165, 1.54) is 0 Å². The van der Waals surface area contributed by atoms with Crippen LogP contribution in [0.2, 0.25) is 0 Å². The molecule has 0 saturated heterocycles. The minimum atomic E-state index is -0.354. The first-order chi connectivity index (χ1) is 11.2. The zero-order valence-electron chi connectivity index (χ0n) is 15.4. The van der Waals surface area contributed by atoms with Crippen LogP contribution in [-0.4, -0.2) is 86.3 Å². The molecule has 0 aliphatic heterocycles. The fourth-order valence-electron chi connectivity index (χ4n) is 1.93. The Hall–Kier alpha value is 0.450. The molecule has 0 unspecified atom stereocenters. The Labute approximate surface area is 163 Å². The Morgan fingerprint density at radius 3 is 1.08 bits per heavy atom. The fraction of sp³-hybridized carbons (Fsp3) is 1.00. The molecule has 0 fully saturated rings. The fourth-order valence-corrected chi connectivity index (χ4v) is 1.93. The van der Waals surface area contributed by atoms with Gasteiger partial charge >= 0.3 is 0 Å². The van der Waals surface area contributed by atoms with Crippen molar-refractivity contribution in [1.29, 1.82) is 0 Å². The maximum Gasteiger partial charge on any atom is 0.0700 e. The summed E-state index contributed by atoms with van der Waals surface area (Å²) < 4.78 is 31.5. The first-order valence-electron chi connectivity index (χ1n) is 8.17. The lowest BCUT2D eigenvalue weighted by Gasteiger charge is -2.29. The van der Waals surface area contributed by atoms with Gasteiger partial charge in [-0.25, -0.2) is 0 Å². The van der Waals surface area contributed by atoms with Crippen LogP contribution in [0.5, 0.6) is 0 Å². The highest BCUT2D eigenvalue weighted by atomic mass is 127. The molecule has 0 saturated carbocycles. The third-order valence-corrected chi connectivity index (χ3v) is 3.53. The minimum Gasteiger partial charge on any atom is -0.382 e. The van der Waals surface area contributed by atoms with E-state index in [-0.39, 0.29) is 29.5 Å². The first kappa shape index (κ1) is 26.7. The van der Waals surface area contributed by atoms with Crippen molar-refractivity contribution in [2.75, 3.05) is 80.8 Å². The van der Waals surface area contributed by atoms with Crippen LogP contribution < -0.4 is 5.73 Å². The third kappa shape index (κ3) is 17.3. The summed E-state index contributed by atoms with van der Waals surface area (Å²) in [5, 5.41) is 0. The molecule has 0 aromatic rings. The number of halogens is 1. The van der Waals surface area contributed by atoms with Gasteiger partial charge in [0.15, 0.2) is 0 Å². The Bertz CT molecular complexity index is 213. The van der Waals surface area contributed by atoms with Gasteiger partial charge in [0, 0.05) is 46.7 Å². The molecule has 0 atom stereocenters. The summed E-state index contributed by atoms with van der Waals surface area (Å²) in [6.45, 7) is 5.36. The van der Waals surface area contributed by atoms with Crippen molar-refractivity contribution < 1.29 is 28.4 Å². The summed E-state index contributed by atoms with van der Waals surface area (Å²) in [4.78, 5) is 0. The summed E-state index contributed by atoms with van der Waals surface area (Å²) in [5.41, 5.74) is 6.15. The van der Waals surface area contributed by atoms with Crippen LogP contribution in [0, 0.1) is 0 Å². The number of nitrogens with two attached hydrogens (primary N) is 1. The largest absolute Gasteiger partial charge is 0.382 e. The Kier molecular flexibility index (Phi) is 22.0. The van der Waals surface area contributed by atoms with Crippen molar-refractivity contribution in [3.63, 3.8) is 0 Å². The van der Waals surface area contributed by atoms with Crippen LogP contribution in [-0.2, 0) is 28.4 Å². The molecular weight excluding hydrogens is 429 g/mol. The van der Waals surface area contributed by atoms with Gasteiger partial charge in [-0.2, -0.15) is 0 Å². The summed E-state index contributed by atoms with van der Waals surface area (Å²) in [7, 11) is 4.97. The summed E-state index contributed by atoms with van der Waals surface area (Å²) in [6.07, 6.45) is 2.29. The van der Waals surface area contributed by atoms with E-state index in [0.717, 1.165) is 19.3 Å². The van der Waals surface area contributed by atoms with Crippen LogP contribution in [0.1, 0.15) is 19.3 Å². The summed E-state index contributed by atoms with van der Waals surface area (Å²) >= 11 is 0. The van der Waals surface area contributed by atoms with Crippen molar-refractivity contribution in [3.05, 3.63) is 0 Å². The highest BCUT2D eigenvalue weighted by Gasteiger charge is 2.24. The predicted molar refractivity (Wildman–Crippen MR) is 104 cm³/mol. The van der Waals surface area contributed by atoms with E-state index in [2.05, 4.69) is 0 Å². The molecule has 0 bridgehead atoms. The van der Waals surface area contributed by atoms with Crippen LogP contribution in [0.25, 0.3) is 0 Å². The van der Waals surface area contributed by atoms with Gasteiger partial charge in [-0.3, -0.25) is 0 Å². The van der Waals surface area contributed by atoms with Crippen molar-refractivity contribution in [3.8, 4) is 0 Å². The second kappa shape index (κ2) is 19.8. The summed E-state index contributed by atoms with van der Waals surface area (Å²) in [6, 6.07) is 0. The summed E-state index contributed by atoms with van der Waals surface area (Å²) in [5.74, 6) is 0. The van der Waals surface area contributed by atoms with Gasteiger partial charge in [-0.05, 0) is 19.3 Å². The number of rotatable bonds is 18. The van der Waals surface area contributed by atoms with Gasteiger partial charge in [0.05, 0.1) is 39.6 Å². The van der Waals surface area contributed by atoms with E-state index < -0.39 is 0 Å². The van der Waals surface area contributed by atoms with E-state index in [1.807, 2.05) is 0 Å². The Morgan fingerprint density at radius 2 is 0.833 bits per heavy atom. The Morgan fingerprint density at radius 1 is 0.542 bits per heavy atom. The van der Waals surface area contributed by atoms with E-state index in [1.54, 1.807) is 21.3 Å². The molecule has 7 nitrogen and oxygen atoms in total. The molecule has 148 valence electrons. The van der Waals surface area contributed by atoms with E-state index in [9.17, 15) is 0 Å². The SMILES string of the molecule is COCCOCCC(N)(CCOCCOC)CCOCCOC.I. The average molecular weight is 465 g/mol. The molecule has 0 rings (SSSR count). The predicted octanol–water partition coefficient (Wildman–Crippen LogP) is 1.46. The minimum absolute atomic E-state index is 0. The highest BCUT2D eigenvalue weighted by molar-refractivity contribution is 14.0. The molecule has 0 aliphatic rings. The molecule has 0 spiro atoms. The monoisotopic (exact) mass is 465 g/mol. The third-order valence-electron chi connectivity index (χ3n) is 3.53. The van der Waals surface area contributed by atoms with Crippen molar-refractivity contribution in [2.24, 2.45) is 5.73 Å². The zero-order valence-corrected chi connectivity index (χ0v) is 17.8. The quantitative estimate of drug-likeness (QED) is 0.243. The van der Waals surface area contributed by atoms with Gasteiger partial charge in [-0.15, -0.1) is 24.0 Å². The molecule has 8 heteroatoms. The first-order valence-corrected chi connectivity index (χ1v) is 8.17. The number of hydrogen-bond donors (Lipinski definition) is 1. The van der Waals surface area contributed by atoms with Gasteiger partial charge in [0.2, 0.25) is 0 Å². The van der Waals surface area contributed by atoms with E-state index in [4.69, 9.17) is 34.2 Å². The van der Waals surface area contributed by atoms with Gasteiger partial charge in [-0.1, -0.05) is 0 Å². The van der Waals surface area contributed by atoms with Gasteiger partial charge in [0.1, 0.15) is 0 Å². The second-order valence-corrected chi connectivity index (χ2v) is 5.43. The van der Waals surface area contributed by atoms with Crippen LogP contribution in [0.15, 0.2) is 0 Å². The maximum absolute atomic E-state index is 6.51. The van der Waals surface area contributed by atoms with Crippen LogP contribution >= 0.6 is 24.0 Å². The molecular formula is C16H36INO6. The van der Waals surface area contributed by atoms with Crippen molar-refractivity contribution in [1.82, 2.24) is 0 Å². The standard InChI is InChI=1S/C16H35NO6.HI/c1-18-10-13-21-7-4-16(17,5-8-22-14-11-19-2)6-9-23-15-12-20-3;/h4-15,17H2,1-3H3;1H. The number of methoxy groups -OCH3 is 3. The lowest BCUT2D eigenvalue weighted by molar-refractivity contribution is 0.0296. The topological polar surface area (TPSA) is 81.4 Å². The second-order valence-electron chi connectivity index (χ2n) is 5.43. The molecule has 24 heavy (non-hydrogen) atoms. The normalized spacial score (nSPS) is 11.5. The molecule has 0 aromatic carbocycles. The molecule has 0 aromatic heterocycles. The smallest absolute Gasteiger partial charge is 0.0700 e. The molecule has 0 amide bonds. The van der Waals surface area contributed by atoms with Crippen LogP contribution in [0.3, 0.4) is 0 Å².